The van der Waals surface area contributed by atoms with E-state index in [-0.39, 0.29) is 16.7 Å². The number of hydrogen-bond acceptors (Lipinski definition) is 4. The molecule has 0 radical (unpaired) electrons. The van der Waals surface area contributed by atoms with Gasteiger partial charge in [-0.25, -0.2) is 0 Å². The third kappa shape index (κ3) is 3.67. The normalized spacial score (nSPS) is 12.2. The molecule has 4 nitrogen and oxygen atoms in total. The topological polar surface area (TPSA) is 55.2 Å². The summed E-state index contributed by atoms with van der Waals surface area (Å²) in [6, 6.07) is 6.88. The Bertz CT molecular complexity index is 673. The van der Waals surface area contributed by atoms with Crippen LogP contribution >= 0.6 is 34.5 Å². The highest BCUT2D eigenvalue weighted by Gasteiger charge is 2.16. The van der Waals surface area contributed by atoms with E-state index >= 15 is 0 Å². The number of rotatable bonds is 5. The number of thiophene rings is 1. The van der Waals surface area contributed by atoms with Crippen molar-refractivity contribution >= 4 is 45.9 Å². The number of nitro groups is 1. The van der Waals surface area contributed by atoms with Gasteiger partial charge in [-0.3, -0.25) is 10.1 Å². The van der Waals surface area contributed by atoms with Crippen molar-refractivity contribution in [2.45, 2.75) is 26.3 Å². The fourth-order valence-electron chi connectivity index (χ4n) is 2.10. The van der Waals surface area contributed by atoms with Crippen molar-refractivity contribution in [3.8, 4) is 0 Å². The number of nitrogens with one attached hydrogen (secondary N) is 1. The Morgan fingerprint density at radius 1 is 1.38 bits per heavy atom. The van der Waals surface area contributed by atoms with E-state index in [9.17, 15) is 10.1 Å². The summed E-state index contributed by atoms with van der Waals surface area (Å²) in [4.78, 5) is 10.7. The van der Waals surface area contributed by atoms with Gasteiger partial charge in [-0.2, -0.15) is 0 Å². The first-order valence-electron chi connectivity index (χ1n) is 6.41. The highest BCUT2D eigenvalue weighted by atomic mass is 35.5. The largest absolute Gasteiger partial charge is 0.378 e. The van der Waals surface area contributed by atoms with Gasteiger partial charge in [0.15, 0.2) is 0 Å². The fourth-order valence-corrected chi connectivity index (χ4v) is 3.74. The summed E-state index contributed by atoms with van der Waals surface area (Å²) in [7, 11) is 0. The Balaban J connectivity index is 2.25. The third-order valence-corrected chi connectivity index (χ3v) is 4.71. The molecule has 7 heteroatoms. The molecule has 1 aromatic carbocycles. The van der Waals surface area contributed by atoms with Crippen LogP contribution < -0.4 is 5.32 Å². The van der Waals surface area contributed by atoms with Gasteiger partial charge in [-0.15, -0.1) is 11.3 Å². The van der Waals surface area contributed by atoms with Crippen molar-refractivity contribution in [3.05, 3.63) is 54.2 Å². The van der Waals surface area contributed by atoms with Crippen LogP contribution in [0.1, 0.15) is 31.0 Å². The molecule has 1 aromatic heterocycles. The number of hydrogen-bond donors (Lipinski definition) is 1. The Hall–Kier alpha value is -1.30. The van der Waals surface area contributed by atoms with Gasteiger partial charge in [-0.05, 0) is 25.5 Å². The number of nitro benzene ring substituents is 1. The van der Waals surface area contributed by atoms with Gasteiger partial charge in [0, 0.05) is 22.9 Å². The molecule has 112 valence electrons. The van der Waals surface area contributed by atoms with E-state index in [1.807, 2.05) is 19.9 Å². The molecule has 0 aliphatic rings. The first-order chi connectivity index (χ1) is 9.92. The summed E-state index contributed by atoms with van der Waals surface area (Å²) in [6.45, 7) is 3.83. The van der Waals surface area contributed by atoms with Crippen LogP contribution in [0.5, 0.6) is 0 Å². The number of anilines is 1. The average molecular weight is 345 g/mol. The molecular weight excluding hydrogens is 331 g/mol. The molecule has 1 unspecified atom stereocenters. The molecule has 0 aliphatic carbocycles. The van der Waals surface area contributed by atoms with Crippen molar-refractivity contribution in [2.24, 2.45) is 0 Å². The lowest BCUT2D eigenvalue weighted by molar-refractivity contribution is -0.385. The molecule has 1 atom stereocenters. The molecule has 2 rings (SSSR count). The van der Waals surface area contributed by atoms with Crippen molar-refractivity contribution in [1.82, 2.24) is 0 Å². The zero-order valence-corrected chi connectivity index (χ0v) is 13.9. The van der Waals surface area contributed by atoms with Crippen LogP contribution in [0, 0.1) is 10.1 Å². The molecule has 1 heterocycles. The first kappa shape index (κ1) is 16.1. The van der Waals surface area contributed by atoms with Crippen molar-refractivity contribution < 1.29 is 4.92 Å². The van der Waals surface area contributed by atoms with Crippen LogP contribution in [-0.2, 0) is 6.42 Å². The Morgan fingerprint density at radius 3 is 2.62 bits per heavy atom. The van der Waals surface area contributed by atoms with E-state index in [1.54, 1.807) is 18.2 Å². The van der Waals surface area contributed by atoms with E-state index in [0.717, 1.165) is 11.1 Å². The van der Waals surface area contributed by atoms with Crippen LogP contribution in [0.2, 0.25) is 8.67 Å². The molecule has 0 fully saturated rings. The van der Waals surface area contributed by atoms with Crippen molar-refractivity contribution in [2.75, 3.05) is 5.32 Å². The Labute approximate surface area is 136 Å². The van der Waals surface area contributed by atoms with Crippen molar-refractivity contribution in [1.29, 1.82) is 0 Å². The molecule has 1 N–H and O–H groups in total. The molecule has 0 saturated heterocycles. The second-order valence-electron chi connectivity index (χ2n) is 4.60. The van der Waals surface area contributed by atoms with Gasteiger partial charge in [0.25, 0.3) is 5.69 Å². The SMILES string of the molecule is CCc1ccc(NC(C)c2cc(Cl)sc2Cl)cc1[N+](=O)[O-]. The van der Waals surface area contributed by atoms with E-state index in [0.29, 0.717) is 20.8 Å². The number of aryl methyl sites for hydroxylation is 1. The lowest BCUT2D eigenvalue weighted by Crippen LogP contribution is -2.06. The summed E-state index contributed by atoms with van der Waals surface area (Å²) in [5, 5.41) is 14.3. The fraction of sp³-hybridized carbons (Fsp3) is 0.286. The van der Waals surface area contributed by atoms with Gasteiger partial charge >= 0.3 is 0 Å². The quantitative estimate of drug-likeness (QED) is 0.559. The predicted molar refractivity (Wildman–Crippen MR) is 88.9 cm³/mol. The maximum atomic E-state index is 11.1. The Morgan fingerprint density at radius 2 is 2.10 bits per heavy atom. The van der Waals surface area contributed by atoms with Gasteiger partial charge in [0.2, 0.25) is 0 Å². The maximum Gasteiger partial charge on any atom is 0.274 e. The Kier molecular flexibility index (Phi) is 5.08. The van der Waals surface area contributed by atoms with Gasteiger partial charge in [-0.1, -0.05) is 36.2 Å². The number of halogens is 2. The molecule has 0 spiro atoms. The molecule has 2 aromatic rings. The second-order valence-corrected chi connectivity index (χ2v) is 6.89. The number of benzene rings is 1. The van der Waals surface area contributed by atoms with Crippen LogP contribution in [0.3, 0.4) is 0 Å². The molecular formula is C14H14Cl2N2O2S. The molecule has 0 bridgehead atoms. The molecule has 21 heavy (non-hydrogen) atoms. The van der Waals surface area contributed by atoms with Gasteiger partial charge in [0.1, 0.15) is 0 Å². The minimum absolute atomic E-state index is 0.0895. The van der Waals surface area contributed by atoms with Crippen molar-refractivity contribution in [3.63, 3.8) is 0 Å². The average Bonchev–Trinajstić information content (AvgIpc) is 2.77. The van der Waals surface area contributed by atoms with E-state index in [1.165, 1.54) is 11.3 Å². The maximum absolute atomic E-state index is 11.1. The van der Waals surface area contributed by atoms with Crippen LogP contribution in [0.25, 0.3) is 0 Å². The third-order valence-electron chi connectivity index (χ3n) is 3.20. The number of nitrogens with zero attached hydrogens (tertiary/aromatic N) is 1. The minimum Gasteiger partial charge on any atom is -0.378 e. The standard InChI is InChI=1S/C14H14Cl2N2O2S/c1-3-9-4-5-10(6-12(9)18(19)20)17-8(2)11-7-13(15)21-14(11)16/h4-8,17H,3H2,1-2H3. The summed E-state index contributed by atoms with van der Waals surface area (Å²) in [5.41, 5.74) is 2.41. The lowest BCUT2D eigenvalue weighted by atomic mass is 10.1. The zero-order valence-electron chi connectivity index (χ0n) is 11.5. The van der Waals surface area contributed by atoms with Crippen LogP contribution in [-0.4, -0.2) is 4.92 Å². The monoisotopic (exact) mass is 344 g/mol. The lowest BCUT2D eigenvalue weighted by Gasteiger charge is -2.15. The summed E-state index contributed by atoms with van der Waals surface area (Å²) in [5.74, 6) is 0. The molecule has 0 saturated carbocycles. The van der Waals surface area contributed by atoms with E-state index < -0.39 is 0 Å². The smallest absolute Gasteiger partial charge is 0.274 e. The van der Waals surface area contributed by atoms with Gasteiger partial charge < -0.3 is 5.32 Å². The predicted octanol–water partition coefficient (Wildman–Crippen LogP) is 5.70. The van der Waals surface area contributed by atoms with Gasteiger partial charge in [0.05, 0.1) is 19.6 Å². The first-order valence-corrected chi connectivity index (χ1v) is 7.98. The van der Waals surface area contributed by atoms with Crippen LogP contribution in [0.4, 0.5) is 11.4 Å². The highest BCUT2D eigenvalue weighted by molar-refractivity contribution is 7.20. The van der Waals surface area contributed by atoms with E-state index in [2.05, 4.69) is 5.32 Å². The zero-order chi connectivity index (χ0) is 15.6. The summed E-state index contributed by atoms with van der Waals surface area (Å²) in [6.07, 6.45) is 0.623. The highest BCUT2D eigenvalue weighted by Crippen LogP contribution is 2.36. The summed E-state index contributed by atoms with van der Waals surface area (Å²) >= 11 is 13.4. The van der Waals surface area contributed by atoms with Crippen LogP contribution in [0.15, 0.2) is 24.3 Å². The molecule has 0 aliphatic heterocycles. The second kappa shape index (κ2) is 6.64. The van der Waals surface area contributed by atoms with E-state index in [4.69, 9.17) is 23.2 Å². The summed E-state index contributed by atoms with van der Waals surface area (Å²) < 4.78 is 1.25. The molecule has 0 amide bonds. The minimum atomic E-state index is -0.358.